The fourth-order valence-electron chi connectivity index (χ4n) is 2.31. The molecular formula is C15H25NO2. The molecule has 0 aliphatic heterocycles. The van der Waals surface area contributed by atoms with Crippen LogP contribution in [0.5, 0.6) is 0 Å². The van der Waals surface area contributed by atoms with Crippen LogP contribution < -0.4 is 0 Å². The first kappa shape index (κ1) is 15.2. The van der Waals surface area contributed by atoms with Gasteiger partial charge in [-0.05, 0) is 24.0 Å². The number of rotatable bonds is 8. The molecule has 0 aliphatic rings. The molecular weight excluding hydrogens is 226 g/mol. The van der Waals surface area contributed by atoms with E-state index in [9.17, 15) is 0 Å². The standard InChI is InChI=1S/C15H25NO2/c1-3-15(4-2)16(9-10-17)11-13-5-7-14(12-18)8-6-13/h5-8,15,17-18H,3-4,9-12H2,1-2H3. The van der Waals surface area contributed by atoms with Gasteiger partial charge in [-0.1, -0.05) is 38.1 Å². The molecule has 0 amide bonds. The number of aliphatic hydroxyl groups is 2. The molecule has 1 aromatic carbocycles. The Morgan fingerprint density at radius 1 is 1.00 bits per heavy atom. The van der Waals surface area contributed by atoms with Crippen molar-refractivity contribution >= 4 is 0 Å². The van der Waals surface area contributed by atoms with Crippen molar-refractivity contribution in [2.45, 2.75) is 45.9 Å². The Labute approximate surface area is 110 Å². The van der Waals surface area contributed by atoms with Crippen molar-refractivity contribution in [3.63, 3.8) is 0 Å². The third-order valence-electron chi connectivity index (χ3n) is 3.44. The predicted molar refractivity (Wildman–Crippen MR) is 74.2 cm³/mol. The van der Waals surface area contributed by atoms with Crippen molar-refractivity contribution in [2.24, 2.45) is 0 Å². The van der Waals surface area contributed by atoms with Crippen LogP contribution in [-0.2, 0) is 13.2 Å². The lowest BCUT2D eigenvalue weighted by atomic mass is 10.1. The third kappa shape index (κ3) is 4.41. The fraction of sp³-hybridized carbons (Fsp3) is 0.600. The number of aliphatic hydroxyl groups excluding tert-OH is 2. The van der Waals surface area contributed by atoms with Crippen molar-refractivity contribution in [1.29, 1.82) is 0 Å². The SMILES string of the molecule is CCC(CC)N(CCO)Cc1ccc(CO)cc1. The molecule has 3 heteroatoms. The van der Waals surface area contributed by atoms with E-state index in [1.165, 1.54) is 5.56 Å². The molecule has 0 radical (unpaired) electrons. The zero-order chi connectivity index (χ0) is 13.4. The van der Waals surface area contributed by atoms with Crippen molar-refractivity contribution in [2.75, 3.05) is 13.2 Å². The Kier molecular flexibility index (Phi) is 6.94. The summed E-state index contributed by atoms with van der Waals surface area (Å²) < 4.78 is 0. The first-order valence-electron chi connectivity index (χ1n) is 6.78. The second-order valence-electron chi connectivity index (χ2n) is 4.64. The van der Waals surface area contributed by atoms with Gasteiger partial charge in [-0.3, -0.25) is 4.90 Å². The van der Waals surface area contributed by atoms with Gasteiger partial charge < -0.3 is 10.2 Å². The summed E-state index contributed by atoms with van der Waals surface area (Å²) in [6.07, 6.45) is 2.20. The summed E-state index contributed by atoms with van der Waals surface area (Å²) in [4.78, 5) is 2.33. The van der Waals surface area contributed by atoms with E-state index in [0.29, 0.717) is 12.6 Å². The number of nitrogens with zero attached hydrogens (tertiary/aromatic N) is 1. The summed E-state index contributed by atoms with van der Waals surface area (Å²) in [6.45, 7) is 6.24. The molecule has 102 valence electrons. The van der Waals surface area contributed by atoms with Crippen LogP contribution in [0.25, 0.3) is 0 Å². The summed E-state index contributed by atoms with van der Waals surface area (Å²) in [5.74, 6) is 0. The van der Waals surface area contributed by atoms with Crippen molar-refractivity contribution in [3.8, 4) is 0 Å². The molecule has 0 saturated heterocycles. The summed E-state index contributed by atoms with van der Waals surface area (Å²) in [6, 6.07) is 8.55. The topological polar surface area (TPSA) is 43.7 Å². The Morgan fingerprint density at radius 2 is 1.56 bits per heavy atom. The highest BCUT2D eigenvalue weighted by Crippen LogP contribution is 2.14. The Hall–Kier alpha value is -0.900. The van der Waals surface area contributed by atoms with Crippen LogP contribution in [-0.4, -0.2) is 34.3 Å². The highest BCUT2D eigenvalue weighted by Gasteiger charge is 2.14. The molecule has 0 atom stereocenters. The van der Waals surface area contributed by atoms with E-state index in [0.717, 1.165) is 24.9 Å². The van der Waals surface area contributed by atoms with Crippen molar-refractivity contribution < 1.29 is 10.2 Å². The van der Waals surface area contributed by atoms with Gasteiger partial charge in [-0.2, -0.15) is 0 Å². The first-order chi connectivity index (χ1) is 8.74. The number of hydrogen-bond acceptors (Lipinski definition) is 3. The molecule has 0 aliphatic carbocycles. The molecule has 2 N–H and O–H groups in total. The fourth-order valence-corrected chi connectivity index (χ4v) is 2.31. The molecule has 3 nitrogen and oxygen atoms in total. The molecule has 0 heterocycles. The average molecular weight is 251 g/mol. The van der Waals surface area contributed by atoms with E-state index in [1.54, 1.807) is 0 Å². The van der Waals surface area contributed by atoms with E-state index >= 15 is 0 Å². The van der Waals surface area contributed by atoms with Crippen LogP contribution in [0, 0.1) is 0 Å². The lowest BCUT2D eigenvalue weighted by molar-refractivity contribution is 0.136. The van der Waals surface area contributed by atoms with Crippen LogP contribution in [0.4, 0.5) is 0 Å². The van der Waals surface area contributed by atoms with E-state index in [-0.39, 0.29) is 13.2 Å². The van der Waals surface area contributed by atoms with Gasteiger partial charge in [0.15, 0.2) is 0 Å². The predicted octanol–water partition coefficient (Wildman–Crippen LogP) is 2.16. The monoisotopic (exact) mass is 251 g/mol. The molecule has 0 unspecified atom stereocenters. The van der Waals surface area contributed by atoms with Gasteiger partial charge >= 0.3 is 0 Å². The van der Waals surface area contributed by atoms with Gasteiger partial charge in [-0.15, -0.1) is 0 Å². The maximum absolute atomic E-state index is 9.16. The minimum Gasteiger partial charge on any atom is -0.395 e. The highest BCUT2D eigenvalue weighted by molar-refractivity contribution is 5.21. The van der Waals surface area contributed by atoms with Crippen molar-refractivity contribution in [3.05, 3.63) is 35.4 Å². The summed E-state index contributed by atoms with van der Waals surface area (Å²) in [5, 5.41) is 18.2. The summed E-state index contributed by atoms with van der Waals surface area (Å²) >= 11 is 0. The quantitative estimate of drug-likeness (QED) is 0.744. The minimum absolute atomic E-state index is 0.0905. The van der Waals surface area contributed by atoms with E-state index in [1.807, 2.05) is 12.1 Å². The molecule has 0 bridgehead atoms. The van der Waals surface area contributed by atoms with Crippen LogP contribution in [0.15, 0.2) is 24.3 Å². The second kappa shape index (κ2) is 8.25. The zero-order valence-corrected chi connectivity index (χ0v) is 11.5. The molecule has 0 saturated carbocycles. The van der Waals surface area contributed by atoms with Crippen LogP contribution in [0.1, 0.15) is 37.8 Å². The van der Waals surface area contributed by atoms with E-state index in [4.69, 9.17) is 10.2 Å². The number of hydrogen-bond donors (Lipinski definition) is 2. The van der Waals surface area contributed by atoms with Gasteiger partial charge in [0, 0.05) is 19.1 Å². The van der Waals surface area contributed by atoms with Crippen molar-refractivity contribution in [1.82, 2.24) is 4.90 Å². The Balaban J connectivity index is 2.69. The highest BCUT2D eigenvalue weighted by atomic mass is 16.3. The van der Waals surface area contributed by atoms with E-state index in [2.05, 4.69) is 30.9 Å². The van der Waals surface area contributed by atoms with Gasteiger partial charge in [0.2, 0.25) is 0 Å². The molecule has 0 aromatic heterocycles. The van der Waals surface area contributed by atoms with Gasteiger partial charge in [0.05, 0.1) is 13.2 Å². The largest absolute Gasteiger partial charge is 0.395 e. The van der Waals surface area contributed by atoms with Crippen LogP contribution in [0.2, 0.25) is 0 Å². The Bertz CT molecular complexity index is 320. The van der Waals surface area contributed by atoms with E-state index < -0.39 is 0 Å². The molecule has 0 fully saturated rings. The smallest absolute Gasteiger partial charge is 0.0681 e. The molecule has 1 aromatic rings. The van der Waals surface area contributed by atoms with Gasteiger partial charge in [0.1, 0.15) is 0 Å². The molecule has 18 heavy (non-hydrogen) atoms. The summed E-state index contributed by atoms with van der Waals surface area (Å²) in [7, 11) is 0. The molecule has 1 rings (SSSR count). The summed E-state index contributed by atoms with van der Waals surface area (Å²) in [5.41, 5.74) is 2.17. The Morgan fingerprint density at radius 3 is 2.00 bits per heavy atom. The maximum Gasteiger partial charge on any atom is 0.0681 e. The average Bonchev–Trinajstić information content (AvgIpc) is 2.41. The second-order valence-corrected chi connectivity index (χ2v) is 4.64. The first-order valence-corrected chi connectivity index (χ1v) is 6.78. The lowest BCUT2D eigenvalue weighted by Crippen LogP contribution is -2.36. The maximum atomic E-state index is 9.16. The molecule has 0 spiro atoms. The zero-order valence-electron chi connectivity index (χ0n) is 11.5. The minimum atomic E-state index is 0.0905. The number of benzene rings is 1. The normalized spacial score (nSPS) is 11.4. The van der Waals surface area contributed by atoms with Gasteiger partial charge in [-0.25, -0.2) is 0 Å². The third-order valence-corrected chi connectivity index (χ3v) is 3.44. The van der Waals surface area contributed by atoms with Gasteiger partial charge in [0.25, 0.3) is 0 Å². The van der Waals surface area contributed by atoms with Crippen LogP contribution >= 0.6 is 0 Å². The van der Waals surface area contributed by atoms with Crippen LogP contribution in [0.3, 0.4) is 0 Å². The lowest BCUT2D eigenvalue weighted by Gasteiger charge is -2.29.